The average Bonchev–Trinajstić information content (AvgIpc) is 2.84. The molecule has 4 heteroatoms. The van der Waals surface area contributed by atoms with Gasteiger partial charge in [-0.05, 0) is 99.6 Å². The van der Waals surface area contributed by atoms with Crippen LogP contribution < -0.4 is 10.1 Å². The maximum Gasteiger partial charge on any atom is 0.255 e. The van der Waals surface area contributed by atoms with E-state index < -0.39 is 0 Å². The zero-order valence-corrected chi connectivity index (χ0v) is 20.1. The number of benzene rings is 3. The van der Waals surface area contributed by atoms with Gasteiger partial charge >= 0.3 is 0 Å². The first-order valence-electron chi connectivity index (χ1n) is 11.8. The SMILES string of the molecule is COc1ccc(NC(=O)c2ccc(-c3cccc(C)c3)cc2)cc1C1CCN(C(C)C)CC1. The Morgan fingerprint density at radius 3 is 2.33 bits per heavy atom. The van der Waals surface area contributed by atoms with Crippen molar-refractivity contribution in [1.29, 1.82) is 0 Å². The topological polar surface area (TPSA) is 41.6 Å². The van der Waals surface area contributed by atoms with Gasteiger partial charge in [-0.2, -0.15) is 0 Å². The van der Waals surface area contributed by atoms with Gasteiger partial charge in [-0.25, -0.2) is 0 Å². The molecule has 1 fully saturated rings. The van der Waals surface area contributed by atoms with Gasteiger partial charge in [-0.1, -0.05) is 42.0 Å². The van der Waals surface area contributed by atoms with Crippen molar-refractivity contribution in [3.05, 3.63) is 83.4 Å². The van der Waals surface area contributed by atoms with Crippen LogP contribution in [-0.4, -0.2) is 37.0 Å². The Hall–Kier alpha value is -3.11. The maximum atomic E-state index is 12.9. The predicted molar refractivity (Wildman–Crippen MR) is 136 cm³/mol. The number of anilines is 1. The number of likely N-dealkylation sites (tertiary alicyclic amines) is 1. The number of aryl methyl sites for hydroxylation is 1. The van der Waals surface area contributed by atoms with Crippen LogP contribution in [0.2, 0.25) is 0 Å². The van der Waals surface area contributed by atoms with Crippen molar-refractivity contribution < 1.29 is 9.53 Å². The molecule has 0 aromatic heterocycles. The molecule has 0 spiro atoms. The van der Waals surface area contributed by atoms with E-state index in [1.54, 1.807) is 7.11 Å². The number of piperidine rings is 1. The molecule has 1 heterocycles. The standard InChI is InChI=1S/C29H34N2O2/c1-20(2)31-16-14-23(15-17-31)27-19-26(12-13-28(27)33-4)30-29(32)24-10-8-22(9-11-24)25-7-5-6-21(3)18-25/h5-13,18-20,23H,14-17H2,1-4H3,(H,30,32). The Morgan fingerprint density at radius 1 is 0.970 bits per heavy atom. The lowest BCUT2D eigenvalue weighted by molar-refractivity contribution is 0.102. The fourth-order valence-corrected chi connectivity index (χ4v) is 4.70. The molecule has 0 bridgehead atoms. The summed E-state index contributed by atoms with van der Waals surface area (Å²) in [4.78, 5) is 15.4. The molecule has 3 aromatic carbocycles. The molecule has 3 aromatic rings. The van der Waals surface area contributed by atoms with Gasteiger partial charge in [-0.3, -0.25) is 4.79 Å². The number of amides is 1. The summed E-state index contributed by atoms with van der Waals surface area (Å²) in [6, 6.07) is 22.7. The van der Waals surface area contributed by atoms with Gasteiger partial charge in [0, 0.05) is 17.3 Å². The fourth-order valence-electron chi connectivity index (χ4n) is 4.70. The second-order valence-corrected chi connectivity index (χ2v) is 9.26. The van der Waals surface area contributed by atoms with Crippen LogP contribution in [-0.2, 0) is 0 Å². The third kappa shape index (κ3) is 5.45. The zero-order chi connectivity index (χ0) is 23.4. The molecule has 1 saturated heterocycles. The molecular formula is C29H34N2O2. The summed E-state index contributed by atoms with van der Waals surface area (Å²) in [6.45, 7) is 8.78. The Balaban J connectivity index is 1.47. The molecular weight excluding hydrogens is 408 g/mol. The Bertz CT molecular complexity index is 1100. The van der Waals surface area contributed by atoms with Crippen LogP contribution >= 0.6 is 0 Å². The molecule has 0 atom stereocenters. The first-order valence-corrected chi connectivity index (χ1v) is 11.8. The summed E-state index contributed by atoms with van der Waals surface area (Å²) >= 11 is 0. The minimum atomic E-state index is -0.100. The van der Waals surface area contributed by atoms with Crippen LogP contribution in [0.4, 0.5) is 5.69 Å². The zero-order valence-electron chi connectivity index (χ0n) is 20.1. The van der Waals surface area contributed by atoms with Gasteiger partial charge < -0.3 is 15.0 Å². The third-order valence-electron chi connectivity index (χ3n) is 6.69. The largest absolute Gasteiger partial charge is 0.496 e. The molecule has 172 valence electrons. The van der Waals surface area contributed by atoms with Crippen LogP contribution in [0.15, 0.2) is 66.7 Å². The summed E-state index contributed by atoms with van der Waals surface area (Å²) in [7, 11) is 1.72. The van der Waals surface area contributed by atoms with E-state index in [1.807, 2.05) is 36.4 Å². The smallest absolute Gasteiger partial charge is 0.255 e. The maximum absolute atomic E-state index is 12.9. The highest BCUT2D eigenvalue weighted by Gasteiger charge is 2.24. The summed E-state index contributed by atoms with van der Waals surface area (Å²) < 4.78 is 5.65. The normalized spacial score (nSPS) is 14.9. The van der Waals surface area contributed by atoms with E-state index in [0.29, 0.717) is 17.5 Å². The molecule has 0 saturated carbocycles. The quantitative estimate of drug-likeness (QED) is 0.473. The highest BCUT2D eigenvalue weighted by Crippen LogP contribution is 2.36. The second kappa shape index (κ2) is 10.2. The molecule has 4 nitrogen and oxygen atoms in total. The Kier molecular flexibility index (Phi) is 7.14. The molecule has 0 unspecified atom stereocenters. The van der Waals surface area contributed by atoms with Crippen molar-refractivity contribution in [3.8, 4) is 16.9 Å². The lowest BCUT2D eigenvalue weighted by Crippen LogP contribution is -2.37. The highest BCUT2D eigenvalue weighted by molar-refractivity contribution is 6.04. The van der Waals surface area contributed by atoms with E-state index in [9.17, 15) is 4.79 Å². The number of hydrogen-bond donors (Lipinski definition) is 1. The van der Waals surface area contributed by atoms with Crippen molar-refractivity contribution in [1.82, 2.24) is 4.90 Å². The molecule has 1 aliphatic heterocycles. The summed E-state index contributed by atoms with van der Waals surface area (Å²) in [5.74, 6) is 1.25. The lowest BCUT2D eigenvalue weighted by atomic mass is 9.88. The molecule has 33 heavy (non-hydrogen) atoms. The average molecular weight is 443 g/mol. The van der Waals surface area contributed by atoms with Crippen LogP contribution in [0, 0.1) is 6.92 Å². The van der Waals surface area contributed by atoms with Crippen LogP contribution in [0.1, 0.15) is 54.1 Å². The molecule has 0 radical (unpaired) electrons. The van der Waals surface area contributed by atoms with E-state index in [1.165, 1.54) is 11.1 Å². The number of carbonyl (C=O) groups is 1. The number of hydrogen-bond acceptors (Lipinski definition) is 3. The van der Waals surface area contributed by atoms with Crippen molar-refractivity contribution in [2.75, 3.05) is 25.5 Å². The van der Waals surface area contributed by atoms with Gasteiger partial charge in [0.15, 0.2) is 0 Å². The van der Waals surface area contributed by atoms with Crippen molar-refractivity contribution in [3.63, 3.8) is 0 Å². The van der Waals surface area contributed by atoms with E-state index in [4.69, 9.17) is 4.74 Å². The molecule has 1 aliphatic rings. The number of carbonyl (C=O) groups excluding carboxylic acids is 1. The minimum absolute atomic E-state index is 0.100. The summed E-state index contributed by atoms with van der Waals surface area (Å²) in [5, 5.41) is 3.08. The van der Waals surface area contributed by atoms with Crippen molar-refractivity contribution in [2.45, 2.75) is 45.6 Å². The second-order valence-electron chi connectivity index (χ2n) is 9.26. The number of ether oxygens (including phenoxy) is 1. The van der Waals surface area contributed by atoms with Gasteiger partial charge in [0.2, 0.25) is 0 Å². The molecule has 4 rings (SSSR count). The van der Waals surface area contributed by atoms with Crippen molar-refractivity contribution in [2.24, 2.45) is 0 Å². The molecule has 1 N–H and O–H groups in total. The number of nitrogens with zero attached hydrogens (tertiary/aromatic N) is 1. The van der Waals surface area contributed by atoms with Crippen LogP contribution in [0.5, 0.6) is 5.75 Å². The fraction of sp³-hybridized carbons (Fsp3) is 0.345. The van der Waals surface area contributed by atoms with Gasteiger partial charge in [-0.15, -0.1) is 0 Å². The van der Waals surface area contributed by atoms with E-state index in [0.717, 1.165) is 48.5 Å². The third-order valence-corrected chi connectivity index (χ3v) is 6.69. The number of methoxy groups -OCH3 is 1. The number of rotatable bonds is 6. The van der Waals surface area contributed by atoms with E-state index in [-0.39, 0.29) is 5.91 Å². The molecule has 0 aliphatic carbocycles. The Labute approximate surface area is 197 Å². The van der Waals surface area contributed by atoms with Crippen LogP contribution in [0.3, 0.4) is 0 Å². The monoisotopic (exact) mass is 442 g/mol. The minimum Gasteiger partial charge on any atom is -0.496 e. The summed E-state index contributed by atoms with van der Waals surface area (Å²) in [5.41, 5.74) is 6.13. The van der Waals surface area contributed by atoms with E-state index >= 15 is 0 Å². The van der Waals surface area contributed by atoms with Gasteiger partial charge in [0.1, 0.15) is 5.75 Å². The predicted octanol–water partition coefficient (Wildman–Crippen LogP) is 6.51. The van der Waals surface area contributed by atoms with Gasteiger partial charge in [0.25, 0.3) is 5.91 Å². The van der Waals surface area contributed by atoms with Gasteiger partial charge in [0.05, 0.1) is 7.11 Å². The number of nitrogens with one attached hydrogen (secondary N) is 1. The summed E-state index contributed by atoms with van der Waals surface area (Å²) in [6.07, 6.45) is 2.21. The lowest BCUT2D eigenvalue weighted by Gasteiger charge is -2.35. The first kappa shape index (κ1) is 23.1. The van der Waals surface area contributed by atoms with Crippen molar-refractivity contribution >= 4 is 11.6 Å². The van der Waals surface area contributed by atoms with Crippen LogP contribution in [0.25, 0.3) is 11.1 Å². The first-order chi connectivity index (χ1) is 15.9. The highest BCUT2D eigenvalue weighted by atomic mass is 16.5. The Morgan fingerprint density at radius 2 is 1.70 bits per heavy atom. The molecule has 1 amide bonds. The van der Waals surface area contributed by atoms with E-state index in [2.05, 4.69) is 61.3 Å².